The second kappa shape index (κ2) is 6.11. The highest BCUT2D eigenvalue weighted by Gasteiger charge is 2.51. The van der Waals surface area contributed by atoms with Crippen molar-refractivity contribution in [1.29, 1.82) is 0 Å². The Balaban J connectivity index is 1.83. The van der Waals surface area contributed by atoms with E-state index < -0.39 is 17.8 Å². The lowest BCUT2D eigenvalue weighted by Gasteiger charge is -2.24. The van der Waals surface area contributed by atoms with Crippen molar-refractivity contribution in [1.82, 2.24) is 5.32 Å². The van der Waals surface area contributed by atoms with E-state index >= 15 is 0 Å². The van der Waals surface area contributed by atoms with Gasteiger partial charge in [-0.3, -0.25) is 14.4 Å². The van der Waals surface area contributed by atoms with E-state index in [0.29, 0.717) is 17.7 Å². The second-order valence-corrected chi connectivity index (χ2v) is 6.44. The molecule has 4 atom stereocenters. The highest BCUT2D eigenvalue weighted by molar-refractivity contribution is 5.99. The third kappa shape index (κ3) is 2.68. The van der Waals surface area contributed by atoms with Gasteiger partial charge in [0.05, 0.1) is 11.8 Å². The van der Waals surface area contributed by atoms with E-state index in [4.69, 9.17) is 0 Å². The van der Waals surface area contributed by atoms with Gasteiger partial charge in [-0.05, 0) is 42.9 Å². The van der Waals surface area contributed by atoms with Crippen LogP contribution in [0, 0.1) is 30.6 Å². The summed E-state index contributed by atoms with van der Waals surface area (Å²) in [4.78, 5) is 36.0. The zero-order valence-electron chi connectivity index (χ0n) is 13.6. The highest BCUT2D eigenvalue weighted by Crippen LogP contribution is 2.48. The van der Waals surface area contributed by atoms with Crippen LogP contribution in [0.15, 0.2) is 30.4 Å². The number of carbonyl (C=O) groups excluding carboxylic acids is 2. The maximum absolute atomic E-state index is 12.7. The molecular weight excluding hydrogens is 308 g/mol. The van der Waals surface area contributed by atoms with Crippen molar-refractivity contribution in [2.24, 2.45) is 23.7 Å². The highest BCUT2D eigenvalue weighted by atomic mass is 16.4. The van der Waals surface area contributed by atoms with Crippen LogP contribution in [0.4, 0.5) is 5.69 Å². The first-order valence-corrected chi connectivity index (χ1v) is 7.97. The molecular formula is C18H20N2O4. The Hall–Kier alpha value is -2.63. The predicted molar refractivity (Wildman–Crippen MR) is 88.6 cm³/mol. The molecule has 0 aromatic heterocycles. The molecule has 0 saturated heterocycles. The molecule has 0 spiro atoms. The van der Waals surface area contributed by atoms with E-state index in [0.717, 1.165) is 5.56 Å². The molecule has 2 amide bonds. The lowest BCUT2D eigenvalue weighted by Crippen LogP contribution is -2.36. The molecule has 126 valence electrons. The van der Waals surface area contributed by atoms with Gasteiger partial charge < -0.3 is 15.7 Å². The fraction of sp³-hybridized carbons (Fsp3) is 0.389. The number of fused-ring (bicyclic) bond motifs is 2. The molecule has 0 radical (unpaired) electrons. The van der Waals surface area contributed by atoms with Gasteiger partial charge in [0.2, 0.25) is 5.91 Å². The number of carbonyl (C=O) groups is 3. The van der Waals surface area contributed by atoms with Gasteiger partial charge in [-0.25, -0.2) is 0 Å². The molecule has 24 heavy (non-hydrogen) atoms. The van der Waals surface area contributed by atoms with Gasteiger partial charge in [-0.15, -0.1) is 0 Å². The van der Waals surface area contributed by atoms with Gasteiger partial charge in [0.15, 0.2) is 0 Å². The number of aliphatic carboxylic acids is 1. The quantitative estimate of drug-likeness (QED) is 0.735. The standard InChI is InChI=1S/C18H20N2O4/c1-9-3-4-12(16(21)19-2)8-13(9)20-17(22)14-10-5-6-11(7-10)15(14)18(23)24/h3-6,8,10-11,14-15H,7H2,1-2H3,(H,19,21)(H,20,22)(H,23,24)/t10-,11-,14+,15-/m0/s1. The molecule has 2 aliphatic carbocycles. The molecule has 3 rings (SSSR count). The monoisotopic (exact) mass is 328 g/mol. The molecule has 6 nitrogen and oxygen atoms in total. The van der Waals surface area contributed by atoms with E-state index in [9.17, 15) is 19.5 Å². The number of carboxylic acids is 1. The van der Waals surface area contributed by atoms with Crippen molar-refractivity contribution in [2.75, 3.05) is 12.4 Å². The zero-order valence-corrected chi connectivity index (χ0v) is 13.6. The fourth-order valence-electron chi connectivity index (χ4n) is 3.77. The van der Waals surface area contributed by atoms with E-state index in [2.05, 4.69) is 10.6 Å². The van der Waals surface area contributed by atoms with Gasteiger partial charge in [-0.1, -0.05) is 18.2 Å². The summed E-state index contributed by atoms with van der Waals surface area (Å²) in [5.41, 5.74) is 1.81. The van der Waals surface area contributed by atoms with Crippen molar-refractivity contribution >= 4 is 23.5 Å². The summed E-state index contributed by atoms with van der Waals surface area (Å²) in [5, 5.41) is 14.8. The fourth-order valence-corrected chi connectivity index (χ4v) is 3.77. The van der Waals surface area contributed by atoms with Gasteiger partial charge in [0.25, 0.3) is 5.91 Å². The van der Waals surface area contributed by atoms with Gasteiger partial charge >= 0.3 is 5.97 Å². The molecule has 1 aromatic rings. The Labute approximate surface area is 139 Å². The minimum absolute atomic E-state index is 0.0291. The van der Waals surface area contributed by atoms with Crippen LogP contribution in [0.1, 0.15) is 22.3 Å². The molecule has 0 heterocycles. The number of amides is 2. The Kier molecular flexibility index (Phi) is 4.13. The Morgan fingerprint density at radius 3 is 2.42 bits per heavy atom. The van der Waals surface area contributed by atoms with Crippen LogP contribution in [0.2, 0.25) is 0 Å². The van der Waals surface area contributed by atoms with E-state index in [-0.39, 0.29) is 23.7 Å². The molecule has 2 bridgehead atoms. The Morgan fingerprint density at radius 1 is 1.12 bits per heavy atom. The smallest absolute Gasteiger partial charge is 0.307 e. The third-order valence-electron chi connectivity index (χ3n) is 5.03. The molecule has 1 fully saturated rings. The first-order chi connectivity index (χ1) is 11.4. The van der Waals surface area contributed by atoms with Crippen LogP contribution < -0.4 is 10.6 Å². The van der Waals surface area contributed by atoms with Crippen LogP contribution in [-0.4, -0.2) is 29.9 Å². The van der Waals surface area contributed by atoms with Gasteiger partial charge in [-0.2, -0.15) is 0 Å². The number of allylic oxidation sites excluding steroid dienone is 2. The van der Waals surface area contributed by atoms with Crippen LogP contribution in [0.5, 0.6) is 0 Å². The topological polar surface area (TPSA) is 95.5 Å². The van der Waals surface area contributed by atoms with Gasteiger partial charge in [0, 0.05) is 18.3 Å². The summed E-state index contributed by atoms with van der Waals surface area (Å²) in [6.45, 7) is 1.83. The molecule has 0 aliphatic heterocycles. The lowest BCUT2D eigenvalue weighted by molar-refractivity contribution is -0.146. The first-order valence-electron chi connectivity index (χ1n) is 7.97. The third-order valence-corrected chi connectivity index (χ3v) is 5.03. The largest absolute Gasteiger partial charge is 0.481 e. The number of hydrogen-bond acceptors (Lipinski definition) is 3. The minimum Gasteiger partial charge on any atom is -0.481 e. The van der Waals surface area contributed by atoms with Gasteiger partial charge in [0.1, 0.15) is 0 Å². The van der Waals surface area contributed by atoms with E-state index in [1.807, 2.05) is 19.1 Å². The molecule has 6 heteroatoms. The Bertz CT molecular complexity index is 741. The van der Waals surface area contributed by atoms with E-state index in [1.165, 1.54) is 0 Å². The van der Waals surface area contributed by atoms with E-state index in [1.54, 1.807) is 25.2 Å². The van der Waals surface area contributed by atoms with Crippen molar-refractivity contribution in [3.8, 4) is 0 Å². The van der Waals surface area contributed by atoms with Crippen molar-refractivity contribution in [3.05, 3.63) is 41.5 Å². The summed E-state index contributed by atoms with van der Waals surface area (Å²) in [5.74, 6) is -2.81. The molecule has 3 N–H and O–H groups in total. The first kappa shape index (κ1) is 16.2. The number of benzene rings is 1. The Morgan fingerprint density at radius 2 is 1.79 bits per heavy atom. The predicted octanol–water partition coefficient (Wildman–Crippen LogP) is 1.82. The molecule has 0 unspecified atom stereocenters. The lowest BCUT2D eigenvalue weighted by atomic mass is 9.82. The summed E-state index contributed by atoms with van der Waals surface area (Å²) in [6, 6.07) is 5.06. The molecule has 1 aromatic carbocycles. The van der Waals surface area contributed by atoms with Crippen molar-refractivity contribution in [3.63, 3.8) is 0 Å². The van der Waals surface area contributed by atoms with Crippen LogP contribution in [0.3, 0.4) is 0 Å². The number of aryl methyl sites for hydroxylation is 1. The van der Waals surface area contributed by atoms with Crippen LogP contribution >= 0.6 is 0 Å². The van der Waals surface area contributed by atoms with Crippen molar-refractivity contribution in [2.45, 2.75) is 13.3 Å². The molecule has 1 saturated carbocycles. The number of anilines is 1. The summed E-state index contributed by atoms with van der Waals surface area (Å²) >= 11 is 0. The average Bonchev–Trinajstić information content (AvgIpc) is 3.17. The molecule has 2 aliphatic rings. The summed E-state index contributed by atoms with van der Waals surface area (Å²) in [7, 11) is 1.54. The summed E-state index contributed by atoms with van der Waals surface area (Å²) < 4.78 is 0. The average molecular weight is 328 g/mol. The SMILES string of the molecule is CNC(=O)c1ccc(C)c(NC(=O)[C@H]2[C@@H](C(=O)O)[C@H]3C=C[C@H]2C3)c1. The summed E-state index contributed by atoms with van der Waals surface area (Å²) in [6.07, 6.45) is 4.57. The minimum atomic E-state index is -0.928. The number of hydrogen-bond donors (Lipinski definition) is 3. The van der Waals surface area contributed by atoms with Crippen LogP contribution in [0.25, 0.3) is 0 Å². The number of carboxylic acid groups (broad SMARTS) is 1. The van der Waals surface area contributed by atoms with Crippen LogP contribution in [-0.2, 0) is 9.59 Å². The van der Waals surface area contributed by atoms with Crippen molar-refractivity contribution < 1.29 is 19.5 Å². The zero-order chi connectivity index (χ0) is 17.4. The maximum atomic E-state index is 12.7. The normalized spacial score (nSPS) is 27.1. The number of rotatable bonds is 4. The maximum Gasteiger partial charge on any atom is 0.307 e. The number of nitrogens with one attached hydrogen (secondary N) is 2. The second-order valence-electron chi connectivity index (χ2n) is 6.44.